The third kappa shape index (κ3) is 6.98. The van der Waals surface area contributed by atoms with Gasteiger partial charge in [0.25, 0.3) is 0 Å². The number of aromatic nitrogens is 4. The van der Waals surface area contributed by atoms with E-state index in [1.165, 1.54) is 27.7 Å². The van der Waals surface area contributed by atoms with E-state index in [4.69, 9.17) is 34.5 Å². The van der Waals surface area contributed by atoms with Crippen molar-refractivity contribution in [3.63, 3.8) is 0 Å². The third-order valence-electron chi connectivity index (χ3n) is 7.69. The van der Waals surface area contributed by atoms with Crippen molar-refractivity contribution in [3.8, 4) is 39.9 Å². The lowest BCUT2D eigenvalue weighted by Gasteiger charge is -2.26. The van der Waals surface area contributed by atoms with Gasteiger partial charge in [-0.05, 0) is 48.5 Å². The van der Waals surface area contributed by atoms with Crippen LogP contribution in [-0.4, -0.2) is 91.5 Å². The van der Waals surface area contributed by atoms with E-state index in [9.17, 15) is 4.79 Å². The van der Waals surface area contributed by atoms with Crippen LogP contribution in [-0.2, 0) is 4.74 Å². The van der Waals surface area contributed by atoms with Gasteiger partial charge < -0.3 is 40.1 Å². The number of nitrogens with one attached hydrogen (secondary N) is 2. The van der Waals surface area contributed by atoms with Gasteiger partial charge in [-0.1, -0.05) is 0 Å². The lowest BCUT2D eigenvalue weighted by molar-refractivity contribution is 0.0322. The Balaban J connectivity index is 1.16. The van der Waals surface area contributed by atoms with Crippen molar-refractivity contribution in [3.05, 3.63) is 67.0 Å². The number of benzene rings is 3. The second kappa shape index (κ2) is 14.2. The van der Waals surface area contributed by atoms with Crippen molar-refractivity contribution in [2.24, 2.45) is 0 Å². The van der Waals surface area contributed by atoms with Crippen LogP contribution in [0.3, 0.4) is 0 Å². The highest BCUT2D eigenvalue weighted by molar-refractivity contribution is 6.01. The molecule has 1 fully saturated rings. The number of urea groups is 1. The third-order valence-corrected chi connectivity index (χ3v) is 7.69. The first-order valence-electron chi connectivity index (χ1n) is 15.0. The molecule has 1 saturated heterocycles. The number of anilines is 3. The summed E-state index contributed by atoms with van der Waals surface area (Å²) in [4.78, 5) is 23.8. The second-order valence-electron chi connectivity index (χ2n) is 10.6. The molecule has 3 heterocycles. The molecule has 5 aromatic rings. The maximum atomic E-state index is 12.8. The molecule has 14 heteroatoms. The second-order valence-corrected chi connectivity index (χ2v) is 10.6. The van der Waals surface area contributed by atoms with Crippen molar-refractivity contribution in [1.29, 1.82) is 0 Å². The van der Waals surface area contributed by atoms with Gasteiger partial charge in [0, 0.05) is 43.0 Å². The highest BCUT2D eigenvalue weighted by atomic mass is 16.5. The van der Waals surface area contributed by atoms with Crippen molar-refractivity contribution < 1.29 is 28.5 Å². The molecular formula is C33H36N8O6. The molecule has 2 amide bonds. The zero-order chi connectivity index (χ0) is 32.8. The number of nitrogens with two attached hydrogens (primary N) is 1. The number of methoxy groups -OCH3 is 3. The zero-order valence-corrected chi connectivity index (χ0v) is 26.4. The van der Waals surface area contributed by atoms with E-state index < -0.39 is 6.03 Å². The number of hydrogen-bond donors (Lipinski definition) is 3. The van der Waals surface area contributed by atoms with Gasteiger partial charge in [-0.15, -0.1) is 0 Å². The van der Waals surface area contributed by atoms with Crippen molar-refractivity contribution in [2.45, 2.75) is 0 Å². The van der Waals surface area contributed by atoms with Crippen LogP contribution in [0.15, 0.2) is 67.0 Å². The molecule has 244 valence electrons. The monoisotopic (exact) mass is 640 g/mol. The lowest BCUT2D eigenvalue weighted by atomic mass is 10.1. The van der Waals surface area contributed by atoms with Gasteiger partial charge in [0.1, 0.15) is 30.2 Å². The number of morpholine rings is 1. The maximum Gasteiger partial charge on any atom is 0.323 e. The summed E-state index contributed by atoms with van der Waals surface area (Å²) in [5.74, 6) is 2.37. The molecule has 0 aliphatic carbocycles. The Morgan fingerprint density at radius 3 is 2.23 bits per heavy atom. The molecule has 6 rings (SSSR count). The topological polar surface area (TPSA) is 160 Å². The zero-order valence-electron chi connectivity index (χ0n) is 26.4. The molecular weight excluding hydrogens is 604 g/mol. The number of carbonyl (C=O) groups excluding carboxylic acids is 1. The number of amides is 2. The summed E-state index contributed by atoms with van der Waals surface area (Å²) in [5, 5.41) is 11.1. The van der Waals surface area contributed by atoms with Gasteiger partial charge in [0.05, 0.1) is 51.3 Å². The van der Waals surface area contributed by atoms with Crippen LogP contribution in [0.5, 0.6) is 23.0 Å². The lowest BCUT2D eigenvalue weighted by Crippen LogP contribution is -2.38. The first-order valence-corrected chi connectivity index (χ1v) is 15.0. The maximum absolute atomic E-state index is 12.8. The Bertz CT molecular complexity index is 1810. The van der Waals surface area contributed by atoms with Crippen LogP contribution in [0, 0.1) is 0 Å². The Labute approximate surface area is 271 Å². The van der Waals surface area contributed by atoms with Crippen LogP contribution in [0.1, 0.15) is 0 Å². The largest absolute Gasteiger partial charge is 0.493 e. The fraction of sp³-hybridized carbons (Fsp3) is 0.273. The van der Waals surface area contributed by atoms with Gasteiger partial charge >= 0.3 is 6.03 Å². The van der Waals surface area contributed by atoms with E-state index in [1.54, 1.807) is 28.9 Å². The number of ether oxygens (including phenoxy) is 5. The summed E-state index contributed by atoms with van der Waals surface area (Å²) in [6.07, 6.45) is 1.41. The minimum Gasteiger partial charge on any atom is -0.493 e. The molecule has 3 aromatic carbocycles. The fourth-order valence-electron chi connectivity index (χ4n) is 5.32. The molecule has 4 N–H and O–H groups in total. The number of nitrogen functional groups attached to an aromatic ring is 1. The number of nitrogens with zero attached hydrogens (tertiary/aromatic N) is 5. The molecule has 1 aliphatic rings. The average molecular weight is 641 g/mol. The van der Waals surface area contributed by atoms with Gasteiger partial charge in [0.15, 0.2) is 17.1 Å². The van der Waals surface area contributed by atoms with E-state index in [2.05, 4.69) is 25.5 Å². The number of fused-ring (bicyclic) bond motifs is 1. The van der Waals surface area contributed by atoms with Crippen molar-refractivity contribution in [2.75, 3.05) is 77.2 Å². The predicted molar refractivity (Wildman–Crippen MR) is 178 cm³/mol. The van der Waals surface area contributed by atoms with Gasteiger partial charge in [-0.25, -0.2) is 19.4 Å². The van der Waals surface area contributed by atoms with Crippen LogP contribution in [0.25, 0.3) is 28.0 Å². The first-order chi connectivity index (χ1) is 23.0. The number of rotatable bonds is 11. The van der Waals surface area contributed by atoms with Crippen LogP contribution in [0.4, 0.5) is 22.0 Å². The minimum atomic E-state index is -0.451. The summed E-state index contributed by atoms with van der Waals surface area (Å²) in [5.41, 5.74) is 10.1. The van der Waals surface area contributed by atoms with Gasteiger partial charge in [-0.2, -0.15) is 5.10 Å². The predicted octanol–water partition coefficient (Wildman–Crippen LogP) is 4.45. The standard InChI is InChI=1S/C33H36N8O6/c1-43-26-18-23(19-27(44-2)30(26)45-3)38-33(42)37-22-6-8-24(9-7-22)41-32-28(31(34)35-20-36-32)29(39-41)21-4-10-25(11-5-21)47-17-14-40-12-15-46-16-13-40/h4-11,18-20H,12-17H2,1-3H3,(H2,34,35,36)(H2,37,38,42). The average Bonchev–Trinajstić information content (AvgIpc) is 3.50. The quantitative estimate of drug-likeness (QED) is 0.187. The smallest absolute Gasteiger partial charge is 0.323 e. The molecule has 0 spiro atoms. The van der Waals surface area contributed by atoms with E-state index in [-0.39, 0.29) is 0 Å². The Hall–Kier alpha value is -5.60. The molecule has 0 saturated carbocycles. The highest BCUT2D eigenvalue weighted by Crippen LogP contribution is 2.40. The number of carbonyl (C=O) groups is 1. The molecule has 47 heavy (non-hydrogen) atoms. The van der Waals surface area contributed by atoms with E-state index >= 15 is 0 Å². The minimum absolute atomic E-state index is 0.323. The normalized spacial score (nSPS) is 13.3. The number of hydrogen-bond acceptors (Lipinski definition) is 11. The molecule has 0 unspecified atom stereocenters. The van der Waals surface area contributed by atoms with E-state index in [1.807, 2.05) is 36.4 Å². The summed E-state index contributed by atoms with van der Waals surface area (Å²) in [6.45, 7) is 4.81. The van der Waals surface area contributed by atoms with Gasteiger partial charge in [-0.3, -0.25) is 4.90 Å². The fourth-order valence-corrected chi connectivity index (χ4v) is 5.32. The molecule has 14 nitrogen and oxygen atoms in total. The summed E-state index contributed by atoms with van der Waals surface area (Å²) >= 11 is 0. The molecule has 1 aliphatic heterocycles. The van der Waals surface area contributed by atoms with E-state index in [0.717, 1.165) is 49.8 Å². The van der Waals surface area contributed by atoms with Gasteiger partial charge in [0.2, 0.25) is 5.75 Å². The summed E-state index contributed by atoms with van der Waals surface area (Å²) in [7, 11) is 4.53. The molecule has 0 atom stereocenters. The Morgan fingerprint density at radius 2 is 1.57 bits per heavy atom. The van der Waals surface area contributed by atoms with Crippen molar-refractivity contribution >= 4 is 34.3 Å². The first kappa shape index (κ1) is 31.4. The summed E-state index contributed by atoms with van der Waals surface area (Å²) in [6, 6.07) is 17.8. The Kier molecular flexibility index (Phi) is 9.50. The SMILES string of the molecule is COc1cc(NC(=O)Nc2ccc(-n3nc(-c4ccc(OCCN5CCOCC5)cc4)c4c(N)ncnc43)cc2)cc(OC)c1OC. The van der Waals surface area contributed by atoms with Crippen molar-refractivity contribution in [1.82, 2.24) is 24.6 Å². The van der Waals surface area contributed by atoms with Crippen LogP contribution in [0.2, 0.25) is 0 Å². The highest BCUT2D eigenvalue weighted by Gasteiger charge is 2.19. The van der Waals surface area contributed by atoms with Crippen LogP contribution >= 0.6 is 0 Å². The summed E-state index contributed by atoms with van der Waals surface area (Å²) < 4.78 is 29.2. The molecule has 2 aromatic heterocycles. The Morgan fingerprint density at radius 1 is 0.894 bits per heavy atom. The molecule has 0 bridgehead atoms. The van der Waals surface area contributed by atoms with E-state index in [0.29, 0.717) is 57.8 Å². The van der Waals surface area contributed by atoms with Crippen LogP contribution < -0.4 is 35.3 Å². The molecule has 0 radical (unpaired) electrons.